The van der Waals surface area contributed by atoms with Crippen molar-refractivity contribution >= 4 is 0 Å². The summed E-state index contributed by atoms with van der Waals surface area (Å²) in [5.41, 5.74) is 3.62. The second-order valence-corrected chi connectivity index (χ2v) is 5.23. The fourth-order valence-corrected chi connectivity index (χ4v) is 2.58. The molecule has 2 aromatic carbocycles. The summed E-state index contributed by atoms with van der Waals surface area (Å²) in [6.45, 7) is 5.59. The molecule has 0 unspecified atom stereocenters. The molecule has 0 atom stereocenters. The van der Waals surface area contributed by atoms with E-state index in [1.54, 1.807) is 0 Å². The Bertz CT molecular complexity index is 761. The van der Waals surface area contributed by atoms with Crippen LogP contribution < -0.4 is 4.74 Å². The fraction of sp³-hybridized carbons (Fsp3) is 0.211. The molecule has 1 heterocycles. The fourth-order valence-electron chi connectivity index (χ4n) is 2.58. The predicted molar refractivity (Wildman–Crippen MR) is 89.1 cm³/mol. The van der Waals surface area contributed by atoms with Gasteiger partial charge in [-0.05, 0) is 37.1 Å². The molecule has 112 valence electrons. The first-order chi connectivity index (χ1) is 10.8. The van der Waals surface area contributed by atoms with E-state index in [-0.39, 0.29) is 0 Å². The number of imidazole rings is 1. The van der Waals surface area contributed by atoms with Crippen molar-refractivity contribution in [1.29, 1.82) is 0 Å². The van der Waals surface area contributed by atoms with Gasteiger partial charge in [0.15, 0.2) is 0 Å². The Labute approximate surface area is 131 Å². The molecule has 0 saturated heterocycles. The van der Waals surface area contributed by atoms with Crippen LogP contribution in [0, 0.1) is 6.92 Å². The molecule has 22 heavy (non-hydrogen) atoms. The van der Waals surface area contributed by atoms with Gasteiger partial charge < -0.3 is 9.30 Å². The summed E-state index contributed by atoms with van der Waals surface area (Å²) in [4.78, 5) is 4.54. The monoisotopic (exact) mass is 292 g/mol. The third-order valence-corrected chi connectivity index (χ3v) is 3.75. The lowest BCUT2D eigenvalue weighted by atomic mass is 10.1. The molecular formula is C19H20N2O. The van der Waals surface area contributed by atoms with Gasteiger partial charge in [-0.25, -0.2) is 4.98 Å². The molecular weight excluding hydrogens is 272 g/mol. The molecule has 3 nitrogen and oxygen atoms in total. The van der Waals surface area contributed by atoms with E-state index in [1.165, 1.54) is 11.1 Å². The maximum absolute atomic E-state index is 5.74. The number of aromatic nitrogens is 2. The van der Waals surface area contributed by atoms with Crippen LogP contribution in [0.15, 0.2) is 60.9 Å². The summed E-state index contributed by atoms with van der Waals surface area (Å²) < 4.78 is 7.90. The van der Waals surface area contributed by atoms with E-state index >= 15 is 0 Å². The first kappa shape index (κ1) is 14.4. The quantitative estimate of drug-likeness (QED) is 0.701. The van der Waals surface area contributed by atoms with Crippen molar-refractivity contribution in [3.63, 3.8) is 0 Å². The van der Waals surface area contributed by atoms with Crippen molar-refractivity contribution in [3.8, 4) is 17.1 Å². The SMILES string of the molecule is CCOc1ccccc1-c1nccn1Cc1ccccc1C. The van der Waals surface area contributed by atoms with Crippen LogP contribution in [0.5, 0.6) is 5.75 Å². The molecule has 0 aliphatic rings. The normalized spacial score (nSPS) is 10.6. The number of benzene rings is 2. The lowest BCUT2D eigenvalue weighted by Gasteiger charge is -2.13. The van der Waals surface area contributed by atoms with Crippen molar-refractivity contribution in [2.45, 2.75) is 20.4 Å². The smallest absolute Gasteiger partial charge is 0.143 e. The van der Waals surface area contributed by atoms with Gasteiger partial charge in [-0.15, -0.1) is 0 Å². The van der Waals surface area contributed by atoms with Crippen LogP contribution in [0.1, 0.15) is 18.1 Å². The van der Waals surface area contributed by atoms with Gasteiger partial charge in [0.05, 0.1) is 12.2 Å². The number of hydrogen-bond donors (Lipinski definition) is 0. The number of para-hydroxylation sites is 1. The van der Waals surface area contributed by atoms with Crippen LogP contribution in [0.4, 0.5) is 0 Å². The summed E-state index contributed by atoms with van der Waals surface area (Å²) in [5, 5.41) is 0. The second-order valence-electron chi connectivity index (χ2n) is 5.23. The minimum Gasteiger partial charge on any atom is -0.493 e. The van der Waals surface area contributed by atoms with E-state index in [0.717, 1.165) is 23.7 Å². The van der Waals surface area contributed by atoms with E-state index in [4.69, 9.17) is 4.74 Å². The van der Waals surface area contributed by atoms with Gasteiger partial charge in [0.1, 0.15) is 11.6 Å². The Morgan fingerprint density at radius 1 is 1.05 bits per heavy atom. The lowest BCUT2D eigenvalue weighted by molar-refractivity contribution is 0.341. The van der Waals surface area contributed by atoms with Crippen LogP contribution in [0.2, 0.25) is 0 Å². The average molecular weight is 292 g/mol. The molecule has 3 heteroatoms. The minimum absolute atomic E-state index is 0.648. The average Bonchev–Trinajstić information content (AvgIpc) is 2.98. The number of ether oxygens (including phenoxy) is 1. The first-order valence-corrected chi connectivity index (χ1v) is 7.57. The van der Waals surface area contributed by atoms with Crippen LogP contribution in [0.3, 0.4) is 0 Å². The molecule has 3 rings (SSSR count). The predicted octanol–water partition coefficient (Wildman–Crippen LogP) is 4.31. The minimum atomic E-state index is 0.648. The first-order valence-electron chi connectivity index (χ1n) is 7.57. The molecule has 0 fully saturated rings. The van der Waals surface area contributed by atoms with Crippen LogP contribution in [-0.2, 0) is 6.54 Å². The van der Waals surface area contributed by atoms with E-state index in [9.17, 15) is 0 Å². The number of aryl methyl sites for hydroxylation is 1. The van der Waals surface area contributed by atoms with Crippen molar-refractivity contribution < 1.29 is 4.74 Å². The van der Waals surface area contributed by atoms with Gasteiger partial charge in [-0.1, -0.05) is 36.4 Å². The van der Waals surface area contributed by atoms with E-state index < -0.39 is 0 Å². The molecule has 0 aliphatic carbocycles. The Kier molecular flexibility index (Phi) is 4.24. The highest BCUT2D eigenvalue weighted by Crippen LogP contribution is 2.29. The zero-order chi connectivity index (χ0) is 15.4. The van der Waals surface area contributed by atoms with Gasteiger partial charge in [0.2, 0.25) is 0 Å². The van der Waals surface area contributed by atoms with Crippen molar-refractivity contribution in [1.82, 2.24) is 9.55 Å². The highest BCUT2D eigenvalue weighted by molar-refractivity contribution is 5.64. The molecule has 1 aromatic heterocycles. The van der Waals surface area contributed by atoms with Crippen LogP contribution >= 0.6 is 0 Å². The molecule has 0 amide bonds. The Morgan fingerprint density at radius 2 is 1.82 bits per heavy atom. The summed E-state index contributed by atoms with van der Waals surface area (Å²) in [6.07, 6.45) is 3.86. The molecule has 0 N–H and O–H groups in total. The third kappa shape index (κ3) is 2.89. The third-order valence-electron chi connectivity index (χ3n) is 3.75. The van der Waals surface area contributed by atoms with Gasteiger partial charge in [0, 0.05) is 18.9 Å². The zero-order valence-corrected chi connectivity index (χ0v) is 13.0. The molecule has 0 radical (unpaired) electrons. The largest absolute Gasteiger partial charge is 0.493 e. The van der Waals surface area contributed by atoms with Gasteiger partial charge in [0.25, 0.3) is 0 Å². The van der Waals surface area contributed by atoms with Crippen molar-refractivity contribution in [2.75, 3.05) is 6.61 Å². The van der Waals surface area contributed by atoms with Crippen molar-refractivity contribution in [2.24, 2.45) is 0 Å². The second kappa shape index (κ2) is 6.48. The van der Waals surface area contributed by atoms with Crippen LogP contribution in [0.25, 0.3) is 11.4 Å². The molecule has 0 aliphatic heterocycles. The topological polar surface area (TPSA) is 27.1 Å². The van der Waals surface area contributed by atoms with Gasteiger partial charge in [-0.3, -0.25) is 0 Å². The number of nitrogens with zero attached hydrogens (tertiary/aromatic N) is 2. The lowest BCUT2D eigenvalue weighted by Crippen LogP contribution is -2.04. The number of hydrogen-bond acceptors (Lipinski definition) is 2. The van der Waals surface area contributed by atoms with Gasteiger partial charge >= 0.3 is 0 Å². The van der Waals surface area contributed by atoms with Gasteiger partial charge in [-0.2, -0.15) is 0 Å². The standard InChI is InChI=1S/C19H20N2O/c1-3-22-18-11-7-6-10-17(18)19-20-12-13-21(19)14-16-9-5-4-8-15(16)2/h4-13H,3,14H2,1-2H3. The summed E-state index contributed by atoms with van der Waals surface area (Å²) in [7, 11) is 0. The van der Waals surface area contributed by atoms with E-state index in [1.807, 2.05) is 37.5 Å². The highest BCUT2D eigenvalue weighted by atomic mass is 16.5. The van der Waals surface area contributed by atoms with E-state index in [0.29, 0.717) is 6.61 Å². The summed E-state index contributed by atoms with van der Waals surface area (Å²) in [6, 6.07) is 16.5. The highest BCUT2D eigenvalue weighted by Gasteiger charge is 2.12. The molecule has 0 spiro atoms. The molecule has 0 bridgehead atoms. The zero-order valence-electron chi connectivity index (χ0n) is 13.0. The van der Waals surface area contributed by atoms with E-state index in [2.05, 4.69) is 46.8 Å². The number of rotatable bonds is 5. The van der Waals surface area contributed by atoms with Crippen LogP contribution in [-0.4, -0.2) is 16.2 Å². The molecule has 0 saturated carbocycles. The van der Waals surface area contributed by atoms with Crippen molar-refractivity contribution in [3.05, 3.63) is 72.1 Å². The summed E-state index contributed by atoms with van der Waals surface area (Å²) >= 11 is 0. The maximum atomic E-state index is 5.74. The Morgan fingerprint density at radius 3 is 2.64 bits per heavy atom. The molecule has 3 aromatic rings. The Balaban J connectivity index is 1.98. The summed E-state index contributed by atoms with van der Waals surface area (Å²) in [5.74, 6) is 1.81. The maximum Gasteiger partial charge on any atom is 0.143 e. The Hall–Kier alpha value is -2.55.